The number of aromatic nitrogens is 1. The highest BCUT2D eigenvalue weighted by atomic mass is 32.1. The Morgan fingerprint density at radius 1 is 1.39 bits per heavy atom. The number of hydrogen-bond acceptors (Lipinski definition) is 6. The van der Waals surface area contributed by atoms with E-state index in [2.05, 4.69) is 10.3 Å². The third-order valence-corrected chi connectivity index (χ3v) is 4.12. The highest BCUT2D eigenvalue weighted by Crippen LogP contribution is 2.20. The van der Waals surface area contributed by atoms with Crippen LogP contribution in [0.4, 0.5) is 5.82 Å². The van der Waals surface area contributed by atoms with Crippen LogP contribution in [0.3, 0.4) is 0 Å². The van der Waals surface area contributed by atoms with Crippen LogP contribution in [0.25, 0.3) is 10.2 Å². The lowest BCUT2D eigenvalue weighted by Crippen LogP contribution is -2.23. The van der Waals surface area contributed by atoms with Crippen molar-refractivity contribution >= 4 is 33.3 Å². The first-order valence-electron chi connectivity index (χ1n) is 7.42. The van der Waals surface area contributed by atoms with Gasteiger partial charge in [-0.05, 0) is 25.3 Å². The Hall–Kier alpha value is -1.90. The van der Waals surface area contributed by atoms with Crippen molar-refractivity contribution in [3.63, 3.8) is 0 Å². The van der Waals surface area contributed by atoms with E-state index in [9.17, 15) is 14.7 Å². The second-order valence-electron chi connectivity index (χ2n) is 4.73. The van der Waals surface area contributed by atoms with Crippen molar-refractivity contribution < 1.29 is 19.4 Å². The van der Waals surface area contributed by atoms with Gasteiger partial charge in [0.15, 0.2) is 6.29 Å². The summed E-state index contributed by atoms with van der Waals surface area (Å²) in [6.07, 6.45) is 0.173. The highest BCUT2D eigenvalue weighted by molar-refractivity contribution is 7.17. The molecule has 0 aromatic carbocycles. The monoisotopic (exact) mass is 340 g/mol. The fourth-order valence-corrected chi connectivity index (χ4v) is 3.04. The van der Waals surface area contributed by atoms with E-state index in [0.717, 1.165) is 0 Å². The Morgan fingerprint density at radius 2 is 2.09 bits per heavy atom. The van der Waals surface area contributed by atoms with E-state index in [1.165, 1.54) is 11.3 Å². The summed E-state index contributed by atoms with van der Waals surface area (Å²) in [4.78, 5) is 26.7. The zero-order chi connectivity index (χ0) is 16.8. The number of ether oxygens (including phenoxy) is 2. The third-order valence-electron chi connectivity index (χ3n) is 3.21. The SMILES string of the molecule is CCOC(CCNc1[nH]c2ccsc2c(=O)c1C(=O)O)OCC. The molecule has 126 valence electrons. The minimum Gasteiger partial charge on any atom is -0.477 e. The number of nitrogens with one attached hydrogen (secondary N) is 2. The molecule has 0 amide bonds. The summed E-state index contributed by atoms with van der Waals surface area (Å²) in [6, 6.07) is 1.75. The second-order valence-corrected chi connectivity index (χ2v) is 5.64. The van der Waals surface area contributed by atoms with Crippen LogP contribution >= 0.6 is 11.3 Å². The van der Waals surface area contributed by atoms with Gasteiger partial charge in [-0.2, -0.15) is 0 Å². The molecule has 2 heterocycles. The van der Waals surface area contributed by atoms with Crippen molar-refractivity contribution in [3.8, 4) is 0 Å². The van der Waals surface area contributed by atoms with Crippen molar-refractivity contribution in [3.05, 3.63) is 27.2 Å². The summed E-state index contributed by atoms with van der Waals surface area (Å²) < 4.78 is 11.3. The third kappa shape index (κ3) is 4.10. The molecular formula is C15H20N2O5S. The number of carboxylic acid groups (broad SMARTS) is 1. The van der Waals surface area contributed by atoms with Crippen LogP contribution in [-0.4, -0.2) is 42.1 Å². The minimum absolute atomic E-state index is 0.208. The first-order chi connectivity index (χ1) is 11.1. The van der Waals surface area contributed by atoms with E-state index in [-0.39, 0.29) is 17.7 Å². The van der Waals surface area contributed by atoms with E-state index >= 15 is 0 Å². The average Bonchev–Trinajstić information content (AvgIpc) is 2.96. The van der Waals surface area contributed by atoms with Crippen LogP contribution in [0.15, 0.2) is 16.2 Å². The topological polar surface area (TPSA) is 101 Å². The first kappa shape index (κ1) is 17.5. The molecule has 2 rings (SSSR count). The number of H-pyrrole nitrogens is 1. The van der Waals surface area contributed by atoms with Crippen molar-refractivity contribution in [2.75, 3.05) is 25.1 Å². The van der Waals surface area contributed by atoms with E-state index in [4.69, 9.17) is 9.47 Å². The van der Waals surface area contributed by atoms with E-state index in [1.807, 2.05) is 13.8 Å². The molecule has 0 aliphatic carbocycles. The molecule has 0 bridgehead atoms. The molecule has 0 unspecified atom stereocenters. The van der Waals surface area contributed by atoms with E-state index in [1.54, 1.807) is 11.4 Å². The lowest BCUT2D eigenvalue weighted by atomic mass is 10.2. The largest absolute Gasteiger partial charge is 0.477 e. The number of aromatic carboxylic acids is 1. The number of aromatic amines is 1. The van der Waals surface area contributed by atoms with Gasteiger partial charge in [0.1, 0.15) is 11.4 Å². The Bertz CT molecular complexity index is 718. The Labute approximate surface area is 137 Å². The highest BCUT2D eigenvalue weighted by Gasteiger charge is 2.19. The van der Waals surface area contributed by atoms with E-state index < -0.39 is 11.4 Å². The zero-order valence-electron chi connectivity index (χ0n) is 13.0. The van der Waals surface area contributed by atoms with Crippen LogP contribution in [0, 0.1) is 0 Å². The Morgan fingerprint density at radius 3 is 2.70 bits per heavy atom. The summed E-state index contributed by atoms with van der Waals surface area (Å²) >= 11 is 1.22. The van der Waals surface area contributed by atoms with Gasteiger partial charge in [0.2, 0.25) is 5.43 Å². The standard InChI is InChI=1S/C15H20N2O5S/c1-3-21-10(22-4-2)5-7-16-14-11(15(19)20)12(18)13-9(17-14)6-8-23-13/h6,8,10H,3-5,7H2,1-2H3,(H,19,20)(H2,16,17,18). The van der Waals surface area contributed by atoms with Gasteiger partial charge in [-0.25, -0.2) is 4.79 Å². The molecule has 0 spiro atoms. The van der Waals surface area contributed by atoms with Crippen molar-refractivity contribution in [1.29, 1.82) is 0 Å². The minimum atomic E-state index is -1.25. The predicted molar refractivity (Wildman–Crippen MR) is 89.6 cm³/mol. The molecule has 8 heteroatoms. The fraction of sp³-hybridized carbons (Fsp3) is 0.467. The maximum absolute atomic E-state index is 12.3. The van der Waals surface area contributed by atoms with Gasteiger partial charge in [0.25, 0.3) is 0 Å². The normalized spacial score (nSPS) is 11.3. The second kappa shape index (κ2) is 8.09. The molecule has 0 fully saturated rings. The van der Waals surface area contributed by atoms with Gasteiger partial charge in [-0.1, -0.05) is 0 Å². The maximum atomic E-state index is 12.3. The molecule has 7 nitrogen and oxygen atoms in total. The summed E-state index contributed by atoms with van der Waals surface area (Å²) in [5.74, 6) is -1.05. The van der Waals surface area contributed by atoms with Crippen LogP contribution in [0.2, 0.25) is 0 Å². The van der Waals surface area contributed by atoms with Crippen LogP contribution < -0.4 is 10.7 Å². The molecule has 0 aliphatic heterocycles. The van der Waals surface area contributed by atoms with Gasteiger partial charge >= 0.3 is 5.97 Å². The molecule has 2 aromatic rings. The van der Waals surface area contributed by atoms with Crippen LogP contribution in [0.1, 0.15) is 30.6 Å². The van der Waals surface area contributed by atoms with Gasteiger partial charge < -0.3 is 24.9 Å². The maximum Gasteiger partial charge on any atom is 0.343 e. The number of rotatable bonds is 9. The summed E-state index contributed by atoms with van der Waals surface area (Å²) in [5.41, 5.74) is -0.127. The molecule has 0 aliphatic rings. The molecule has 23 heavy (non-hydrogen) atoms. The summed E-state index contributed by atoms with van der Waals surface area (Å²) in [7, 11) is 0. The number of carbonyl (C=O) groups is 1. The molecule has 3 N–H and O–H groups in total. The van der Waals surface area contributed by atoms with Gasteiger partial charge in [0, 0.05) is 26.2 Å². The summed E-state index contributed by atoms with van der Waals surface area (Å²) in [6.45, 7) is 5.23. The molecule has 0 atom stereocenters. The lowest BCUT2D eigenvalue weighted by molar-refractivity contribution is -0.137. The smallest absolute Gasteiger partial charge is 0.343 e. The number of pyridine rings is 1. The lowest BCUT2D eigenvalue weighted by Gasteiger charge is -2.17. The first-order valence-corrected chi connectivity index (χ1v) is 8.30. The molecule has 0 saturated carbocycles. The predicted octanol–water partition coefficient (Wildman–Crippen LogP) is 2.49. The number of anilines is 1. The Kier molecular flexibility index (Phi) is 6.14. The number of fused-ring (bicyclic) bond motifs is 1. The number of carboxylic acids is 1. The van der Waals surface area contributed by atoms with Crippen LogP contribution in [0.5, 0.6) is 0 Å². The molecule has 0 saturated heterocycles. The quantitative estimate of drug-likeness (QED) is 0.606. The number of hydrogen-bond donors (Lipinski definition) is 3. The van der Waals surface area contributed by atoms with Crippen molar-refractivity contribution in [2.24, 2.45) is 0 Å². The van der Waals surface area contributed by atoms with E-state index in [0.29, 0.717) is 36.4 Å². The average molecular weight is 340 g/mol. The zero-order valence-corrected chi connectivity index (χ0v) is 13.9. The van der Waals surface area contributed by atoms with Crippen molar-refractivity contribution in [2.45, 2.75) is 26.6 Å². The summed E-state index contributed by atoms with van der Waals surface area (Å²) in [5, 5.41) is 14.0. The van der Waals surface area contributed by atoms with Crippen LogP contribution in [-0.2, 0) is 9.47 Å². The van der Waals surface area contributed by atoms with Gasteiger partial charge in [-0.15, -0.1) is 11.3 Å². The number of thiophene rings is 1. The molecule has 0 radical (unpaired) electrons. The Balaban J connectivity index is 2.17. The van der Waals surface area contributed by atoms with Gasteiger partial charge in [-0.3, -0.25) is 4.79 Å². The van der Waals surface area contributed by atoms with Gasteiger partial charge in [0.05, 0.1) is 10.2 Å². The molecular weight excluding hydrogens is 320 g/mol. The van der Waals surface area contributed by atoms with Crippen molar-refractivity contribution in [1.82, 2.24) is 4.98 Å². The molecule has 2 aromatic heterocycles. The fourth-order valence-electron chi connectivity index (χ4n) is 2.25.